The number of hydrogen-bond donors (Lipinski definition) is 1. The van der Waals surface area contributed by atoms with Crippen LogP contribution in [0, 0.1) is 0 Å². The van der Waals surface area contributed by atoms with Crippen molar-refractivity contribution in [2.45, 2.75) is 38.1 Å². The highest BCUT2D eigenvalue weighted by Gasteiger charge is 2.34. The summed E-state index contributed by atoms with van der Waals surface area (Å²) in [5.41, 5.74) is -0.941. The molecule has 1 heterocycles. The first-order chi connectivity index (χ1) is 8.78. The van der Waals surface area contributed by atoms with Gasteiger partial charge in [-0.15, -0.1) is 0 Å². The topological polar surface area (TPSA) is 23.5 Å². The highest BCUT2D eigenvalue weighted by atomic mass is 19.4. The number of benzene rings is 1. The Morgan fingerprint density at radius 2 is 1.79 bits per heavy atom. The molecular weight excluding hydrogens is 255 g/mol. The average Bonchev–Trinajstić information content (AvgIpc) is 2.31. The Bertz CT molecular complexity index is 433. The van der Waals surface area contributed by atoms with Gasteiger partial charge in [0.1, 0.15) is 0 Å². The van der Waals surface area contributed by atoms with Gasteiger partial charge >= 0.3 is 6.18 Å². The summed E-state index contributed by atoms with van der Waals surface area (Å²) >= 11 is 0. The van der Waals surface area contributed by atoms with Crippen LogP contribution in [0.25, 0.3) is 0 Å². The average molecular weight is 273 g/mol. The Labute approximate surface area is 110 Å². The fraction of sp³-hybridized carbons (Fsp3) is 0.571. The highest BCUT2D eigenvalue weighted by Crippen LogP contribution is 2.33. The molecule has 5 heteroatoms. The third-order valence-electron chi connectivity index (χ3n) is 3.65. The van der Waals surface area contributed by atoms with Crippen molar-refractivity contribution in [2.24, 2.45) is 0 Å². The lowest BCUT2D eigenvalue weighted by Gasteiger charge is -2.36. The fourth-order valence-corrected chi connectivity index (χ4v) is 2.37. The molecule has 2 nitrogen and oxygen atoms in total. The van der Waals surface area contributed by atoms with Crippen LogP contribution in [0.1, 0.15) is 30.9 Å². The van der Waals surface area contributed by atoms with E-state index in [9.17, 15) is 18.3 Å². The molecule has 19 heavy (non-hydrogen) atoms. The third kappa shape index (κ3) is 3.70. The minimum absolute atomic E-state index is 0.283. The van der Waals surface area contributed by atoms with Gasteiger partial charge in [-0.2, -0.15) is 13.2 Å². The number of piperidine rings is 1. The van der Waals surface area contributed by atoms with Crippen molar-refractivity contribution in [1.82, 2.24) is 4.90 Å². The number of hydrogen-bond acceptors (Lipinski definition) is 2. The van der Waals surface area contributed by atoms with Crippen molar-refractivity contribution >= 4 is 0 Å². The van der Waals surface area contributed by atoms with E-state index >= 15 is 0 Å². The van der Waals surface area contributed by atoms with Crippen LogP contribution in [0.5, 0.6) is 0 Å². The molecule has 106 valence electrons. The molecule has 0 spiro atoms. The van der Waals surface area contributed by atoms with Gasteiger partial charge in [0.2, 0.25) is 0 Å². The summed E-state index contributed by atoms with van der Waals surface area (Å²) in [4.78, 5) is 1.96. The molecule has 0 aliphatic carbocycles. The van der Waals surface area contributed by atoms with Crippen LogP contribution in [-0.4, -0.2) is 28.7 Å². The van der Waals surface area contributed by atoms with Gasteiger partial charge in [0.05, 0.1) is 11.2 Å². The van der Waals surface area contributed by atoms with Crippen molar-refractivity contribution in [3.63, 3.8) is 0 Å². The first-order valence-corrected chi connectivity index (χ1v) is 6.38. The second kappa shape index (κ2) is 5.13. The molecule has 2 rings (SSSR count). The second-order valence-corrected chi connectivity index (χ2v) is 5.43. The number of halogens is 3. The van der Waals surface area contributed by atoms with Crippen molar-refractivity contribution in [3.8, 4) is 0 Å². The van der Waals surface area contributed by atoms with Gasteiger partial charge in [0, 0.05) is 19.6 Å². The van der Waals surface area contributed by atoms with Crippen LogP contribution in [-0.2, 0) is 12.7 Å². The lowest BCUT2D eigenvalue weighted by Crippen LogP contribution is -2.42. The van der Waals surface area contributed by atoms with Gasteiger partial charge in [-0.25, -0.2) is 0 Å². The predicted molar refractivity (Wildman–Crippen MR) is 66.6 cm³/mol. The smallest absolute Gasteiger partial charge is 0.390 e. The molecule has 1 aliphatic heterocycles. The van der Waals surface area contributed by atoms with Crippen LogP contribution < -0.4 is 0 Å². The first kappa shape index (κ1) is 14.3. The third-order valence-corrected chi connectivity index (χ3v) is 3.65. The summed E-state index contributed by atoms with van der Waals surface area (Å²) in [6, 6.07) is 5.68. The van der Waals surface area contributed by atoms with Crippen LogP contribution in [0.2, 0.25) is 0 Å². The van der Waals surface area contributed by atoms with Gasteiger partial charge in [0.15, 0.2) is 0 Å². The molecule has 1 fully saturated rings. The molecule has 0 radical (unpaired) electrons. The lowest BCUT2D eigenvalue weighted by molar-refractivity contribution is -0.138. The molecule has 1 aliphatic rings. The van der Waals surface area contributed by atoms with E-state index in [0.717, 1.165) is 6.07 Å². The van der Waals surface area contributed by atoms with E-state index in [4.69, 9.17) is 0 Å². The number of rotatable bonds is 2. The predicted octanol–water partition coefficient (Wildman–Crippen LogP) is 3.05. The van der Waals surface area contributed by atoms with Gasteiger partial charge < -0.3 is 5.11 Å². The SMILES string of the molecule is CC1(O)CCN(Cc2ccccc2C(F)(F)F)CC1. The van der Waals surface area contributed by atoms with E-state index in [1.54, 1.807) is 13.0 Å². The van der Waals surface area contributed by atoms with Crippen molar-refractivity contribution < 1.29 is 18.3 Å². The molecule has 0 unspecified atom stereocenters. The zero-order valence-electron chi connectivity index (χ0n) is 10.9. The van der Waals surface area contributed by atoms with Crippen LogP contribution in [0.4, 0.5) is 13.2 Å². The number of likely N-dealkylation sites (tertiary alicyclic amines) is 1. The van der Waals surface area contributed by atoms with E-state index in [1.807, 2.05) is 4.90 Å². The highest BCUT2D eigenvalue weighted by molar-refractivity contribution is 5.29. The van der Waals surface area contributed by atoms with Gasteiger partial charge in [-0.1, -0.05) is 18.2 Å². The summed E-state index contributed by atoms with van der Waals surface area (Å²) in [5.74, 6) is 0. The van der Waals surface area contributed by atoms with Crippen LogP contribution in [0.3, 0.4) is 0 Å². The molecule has 1 N–H and O–H groups in total. The Kier molecular flexibility index (Phi) is 3.87. The van der Waals surface area contributed by atoms with Crippen LogP contribution >= 0.6 is 0 Å². The Balaban J connectivity index is 2.08. The number of alkyl halides is 3. The van der Waals surface area contributed by atoms with E-state index in [1.165, 1.54) is 12.1 Å². The summed E-state index contributed by atoms with van der Waals surface area (Å²) in [5, 5.41) is 9.84. The van der Waals surface area contributed by atoms with Crippen LogP contribution in [0.15, 0.2) is 24.3 Å². The summed E-state index contributed by atoms with van der Waals surface area (Å²) < 4.78 is 38.6. The summed E-state index contributed by atoms with van der Waals surface area (Å²) in [6.07, 6.45) is -3.11. The van der Waals surface area contributed by atoms with Crippen molar-refractivity contribution in [1.29, 1.82) is 0 Å². The lowest BCUT2D eigenvalue weighted by atomic mass is 9.93. The Hall–Kier alpha value is -1.07. The van der Waals surface area contributed by atoms with Crippen molar-refractivity contribution in [2.75, 3.05) is 13.1 Å². The quantitative estimate of drug-likeness (QED) is 0.895. The monoisotopic (exact) mass is 273 g/mol. The Morgan fingerprint density at radius 3 is 2.37 bits per heavy atom. The number of nitrogens with zero attached hydrogens (tertiary/aromatic N) is 1. The molecule has 0 aromatic heterocycles. The van der Waals surface area contributed by atoms with Gasteiger partial charge in [-0.3, -0.25) is 4.90 Å². The molecule has 0 saturated carbocycles. The van der Waals surface area contributed by atoms with Crippen molar-refractivity contribution in [3.05, 3.63) is 35.4 Å². The standard InChI is InChI=1S/C14H18F3NO/c1-13(19)6-8-18(9-7-13)10-11-4-2-3-5-12(11)14(15,16)17/h2-5,19H,6-10H2,1H3. The van der Waals surface area contributed by atoms with Gasteiger partial charge in [0.25, 0.3) is 0 Å². The Morgan fingerprint density at radius 1 is 1.21 bits per heavy atom. The maximum atomic E-state index is 12.9. The largest absolute Gasteiger partial charge is 0.416 e. The molecule has 0 atom stereocenters. The molecule has 0 amide bonds. The minimum Gasteiger partial charge on any atom is -0.390 e. The maximum absolute atomic E-state index is 12.9. The molecule has 1 aromatic rings. The van der Waals surface area contributed by atoms with Gasteiger partial charge in [-0.05, 0) is 31.4 Å². The fourth-order valence-electron chi connectivity index (χ4n) is 2.37. The first-order valence-electron chi connectivity index (χ1n) is 6.38. The van der Waals surface area contributed by atoms with E-state index < -0.39 is 17.3 Å². The maximum Gasteiger partial charge on any atom is 0.416 e. The zero-order chi connectivity index (χ0) is 14.1. The zero-order valence-corrected chi connectivity index (χ0v) is 10.9. The normalized spacial score (nSPS) is 20.5. The van der Waals surface area contributed by atoms with E-state index in [0.29, 0.717) is 31.5 Å². The minimum atomic E-state index is -4.31. The number of aliphatic hydroxyl groups is 1. The summed E-state index contributed by atoms with van der Waals surface area (Å²) in [7, 11) is 0. The second-order valence-electron chi connectivity index (χ2n) is 5.43. The molecule has 1 saturated heterocycles. The molecule has 1 aromatic carbocycles. The summed E-state index contributed by atoms with van der Waals surface area (Å²) in [6.45, 7) is 3.30. The molecule has 0 bridgehead atoms. The van der Waals surface area contributed by atoms with E-state index in [2.05, 4.69) is 0 Å². The molecular formula is C14H18F3NO. The van der Waals surface area contributed by atoms with E-state index in [-0.39, 0.29) is 6.54 Å².